The average molecular weight is 288 g/mol. The summed E-state index contributed by atoms with van der Waals surface area (Å²) >= 11 is 0. The number of hydrogen-bond donors (Lipinski definition) is 2. The molecule has 2 N–H and O–H groups in total. The van der Waals surface area contributed by atoms with Crippen molar-refractivity contribution in [1.29, 1.82) is 0 Å². The van der Waals surface area contributed by atoms with Gasteiger partial charge in [0.1, 0.15) is 6.20 Å². The Morgan fingerprint density at radius 2 is 2.19 bits per heavy atom. The Morgan fingerprint density at radius 1 is 1.33 bits per heavy atom. The highest BCUT2D eigenvalue weighted by atomic mass is 16.6. The Kier molecular flexibility index (Phi) is 4.97. The van der Waals surface area contributed by atoms with Gasteiger partial charge in [0.15, 0.2) is 0 Å². The van der Waals surface area contributed by atoms with E-state index in [1.54, 1.807) is 18.5 Å². The van der Waals surface area contributed by atoms with Crippen LogP contribution in [0.3, 0.4) is 0 Å². The average Bonchev–Trinajstić information content (AvgIpc) is 2.51. The summed E-state index contributed by atoms with van der Waals surface area (Å²) in [6.07, 6.45) is 5.48. The summed E-state index contributed by atoms with van der Waals surface area (Å²) in [6, 6.07) is 3.68. The molecular weight excluding hydrogens is 272 g/mol. The van der Waals surface area contributed by atoms with Crippen LogP contribution in [-0.4, -0.2) is 26.4 Å². The van der Waals surface area contributed by atoms with Crippen molar-refractivity contribution in [2.45, 2.75) is 19.9 Å². The molecule has 2 aromatic heterocycles. The minimum absolute atomic E-state index is 0.152. The second-order valence-corrected chi connectivity index (χ2v) is 4.33. The van der Waals surface area contributed by atoms with Crippen molar-refractivity contribution in [3.63, 3.8) is 0 Å². The summed E-state index contributed by atoms with van der Waals surface area (Å²) in [5, 5.41) is 17.0. The fourth-order valence-electron chi connectivity index (χ4n) is 1.65. The standard InChI is InChI=1S/C13H16N6O2/c1-2-5-15-13-17-9-11(19(20)21)12(18-13)16-8-10-4-3-6-14-7-10/h3-4,6-7,9H,2,5,8H2,1H3,(H2,15,16,17,18). The lowest BCUT2D eigenvalue weighted by molar-refractivity contribution is -0.384. The SMILES string of the molecule is CCCNc1ncc([N+](=O)[O-])c(NCc2cccnc2)n1. The van der Waals surface area contributed by atoms with E-state index >= 15 is 0 Å². The second-order valence-electron chi connectivity index (χ2n) is 4.33. The molecule has 0 aliphatic carbocycles. The third kappa shape index (κ3) is 4.10. The molecule has 0 bridgehead atoms. The van der Waals surface area contributed by atoms with Gasteiger partial charge in [-0.25, -0.2) is 4.98 Å². The van der Waals surface area contributed by atoms with Crippen LogP contribution in [0.5, 0.6) is 0 Å². The molecule has 8 heteroatoms. The second kappa shape index (κ2) is 7.13. The molecule has 2 heterocycles. The molecule has 0 aliphatic heterocycles. The van der Waals surface area contributed by atoms with Gasteiger partial charge in [-0.3, -0.25) is 15.1 Å². The molecule has 0 unspecified atom stereocenters. The number of aromatic nitrogens is 3. The molecule has 0 atom stereocenters. The topological polar surface area (TPSA) is 106 Å². The van der Waals surface area contributed by atoms with E-state index in [-0.39, 0.29) is 11.5 Å². The first-order chi connectivity index (χ1) is 10.2. The molecule has 110 valence electrons. The molecule has 0 amide bonds. The normalized spacial score (nSPS) is 10.1. The smallest absolute Gasteiger partial charge is 0.329 e. The summed E-state index contributed by atoms with van der Waals surface area (Å²) in [7, 11) is 0. The van der Waals surface area contributed by atoms with E-state index in [0.29, 0.717) is 19.0 Å². The Bertz CT molecular complexity index is 605. The zero-order chi connectivity index (χ0) is 15.1. The Balaban J connectivity index is 2.16. The van der Waals surface area contributed by atoms with E-state index in [4.69, 9.17) is 0 Å². The van der Waals surface area contributed by atoms with Gasteiger partial charge in [-0.15, -0.1) is 0 Å². The minimum atomic E-state index is -0.505. The lowest BCUT2D eigenvalue weighted by Crippen LogP contribution is -2.09. The predicted molar refractivity (Wildman–Crippen MR) is 79.0 cm³/mol. The van der Waals surface area contributed by atoms with Gasteiger partial charge in [-0.2, -0.15) is 4.98 Å². The van der Waals surface area contributed by atoms with Crippen molar-refractivity contribution >= 4 is 17.5 Å². The molecule has 0 radical (unpaired) electrons. The Morgan fingerprint density at radius 3 is 2.86 bits per heavy atom. The molecule has 2 aromatic rings. The molecule has 8 nitrogen and oxygen atoms in total. The molecule has 0 spiro atoms. The Hall–Kier alpha value is -2.77. The number of pyridine rings is 1. The fourth-order valence-corrected chi connectivity index (χ4v) is 1.65. The molecule has 0 saturated carbocycles. The van der Waals surface area contributed by atoms with E-state index in [2.05, 4.69) is 25.6 Å². The van der Waals surface area contributed by atoms with Gasteiger partial charge < -0.3 is 10.6 Å². The minimum Gasteiger partial charge on any atom is -0.360 e. The van der Waals surface area contributed by atoms with Crippen LogP contribution < -0.4 is 10.6 Å². The molecular formula is C13H16N6O2. The first kappa shape index (κ1) is 14.6. The number of hydrogen-bond acceptors (Lipinski definition) is 7. The molecule has 2 rings (SSSR count). The maximum atomic E-state index is 11.0. The van der Waals surface area contributed by atoms with Gasteiger partial charge >= 0.3 is 5.69 Å². The summed E-state index contributed by atoms with van der Waals surface area (Å²) < 4.78 is 0. The van der Waals surface area contributed by atoms with Crippen molar-refractivity contribution in [3.8, 4) is 0 Å². The fraction of sp³-hybridized carbons (Fsp3) is 0.308. The molecule has 21 heavy (non-hydrogen) atoms. The van der Waals surface area contributed by atoms with Crippen LogP contribution in [0.25, 0.3) is 0 Å². The van der Waals surface area contributed by atoms with Crippen molar-refractivity contribution < 1.29 is 4.92 Å². The Labute approximate surface area is 121 Å². The maximum Gasteiger partial charge on any atom is 0.329 e. The van der Waals surface area contributed by atoms with Crippen molar-refractivity contribution in [3.05, 3.63) is 46.4 Å². The largest absolute Gasteiger partial charge is 0.360 e. The van der Waals surface area contributed by atoms with Gasteiger partial charge in [0.2, 0.25) is 11.8 Å². The first-order valence-corrected chi connectivity index (χ1v) is 6.58. The van der Waals surface area contributed by atoms with Gasteiger partial charge in [-0.05, 0) is 18.1 Å². The van der Waals surface area contributed by atoms with Crippen LogP contribution >= 0.6 is 0 Å². The summed E-state index contributed by atoms with van der Waals surface area (Å²) in [5.74, 6) is 0.564. The third-order valence-corrected chi connectivity index (χ3v) is 2.68. The third-order valence-electron chi connectivity index (χ3n) is 2.68. The van der Waals surface area contributed by atoms with Crippen LogP contribution in [0.2, 0.25) is 0 Å². The number of nitro groups is 1. The van der Waals surface area contributed by atoms with Crippen LogP contribution in [0, 0.1) is 10.1 Å². The highest BCUT2D eigenvalue weighted by Crippen LogP contribution is 2.22. The zero-order valence-corrected chi connectivity index (χ0v) is 11.6. The molecule has 0 aromatic carbocycles. The van der Waals surface area contributed by atoms with Crippen LogP contribution in [0.15, 0.2) is 30.7 Å². The zero-order valence-electron chi connectivity index (χ0n) is 11.6. The number of rotatable bonds is 7. The van der Waals surface area contributed by atoms with Gasteiger partial charge in [0.25, 0.3) is 0 Å². The lowest BCUT2D eigenvalue weighted by Gasteiger charge is -2.08. The summed E-state index contributed by atoms with van der Waals surface area (Å²) in [4.78, 5) is 22.6. The van der Waals surface area contributed by atoms with Gasteiger partial charge in [0.05, 0.1) is 4.92 Å². The number of nitrogens with zero attached hydrogens (tertiary/aromatic N) is 4. The van der Waals surface area contributed by atoms with E-state index < -0.39 is 4.92 Å². The maximum absolute atomic E-state index is 11.0. The van der Waals surface area contributed by atoms with Crippen molar-refractivity contribution in [2.75, 3.05) is 17.2 Å². The molecule has 0 saturated heterocycles. The summed E-state index contributed by atoms with van der Waals surface area (Å²) in [5.41, 5.74) is 0.759. The number of nitrogens with one attached hydrogen (secondary N) is 2. The van der Waals surface area contributed by atoms with Crippen LogP contribution in [-0.2, 0) is 6.54 Å². The quantitative estimate of drug-likeness (QED) is 0.594. The van der Waals surface area contributed by atoms with E-state index in [0.717, 1.165) is 12.0 Å². The van der Waals surface area contributed by atoms with Crippen LogP contribution in [0.1, 0.15) is 18.9 Å². The predicted octanol–water partition coefficient (Wildman–Crippen LogP) is 2.21. The van der Waals surface area contributed by atoms with E-state index in [1.807, 2.05) is 13.0 Å². The summed E-state index contributed by atoms with van der Waals surface area (Å²) in [6.45, 7) is 3.12. The lowest BCUT2D eigenvalue weighted by atomic mass is 10.3. The highest BCUT2D eigenvalue weighted by molar-refractivity contribution is 5.57. The van der Waals surface area contributed by atoms with Gasteiger partial charge in [0, 0.05) is 25.5 Å². The molecule has 0 fully saturated rings. The van der Waals surface area contributed by atoms with Crippen molar-refractivity contribution in [2.24, 2.45) is 0 Å². The van der Waals surface area contributed by atoms with Gasteiger partial charge in [-0.1, -0.05) is 13.0 Å². The van der Waals surface area contributed by atoms with E-state index in [9.17, 15) is 10.1 Å². The molecule has 0 aliphatic rings. The monoisotopic (exact) mass is 288 g/mol. The number of anilines is 2. The van der Waals surface area contributed by atoms with Crippen LogP contribution in [0.4, 0.5) is 17.5 Å². The first-order valence-electron chi connectivity index (χ1n) is 6.58. The van der Waals surface area contributed by atoms with E-state index in [1.165, 1.54) is 6.20 Å². The highest BCUT2D eigenvalue weighted by Gasteiger charge is 2.16. The van der Waals surface area contributed by atoms with Crippen molar-refractivity contribution in [1.82, 2.24) is 15.0 Å².